The predicted octanol–water partition coefficient (Wildman–Crippen LogP) is 4.98. The van der Waals surface area contributed by atoms with Crippen molar-refractivity contribution < 1.29 is 18.3 Å². The van der Waals surface area contributed by atoms with Crippen LogP contribution in [0.25, 0.3) is 11.0 Å². The summed E-state index contributed by atoms with van der Waals surface area (Å²) in [6.45, 7) is 3.95. The molecule has 1 heterocycles. The van der Waals surface area contributed by atoms with E-state index in [2.05, 4.69) is 4.98 Å². The van der Waals surface area contributed by atoms with Gasteiger partial charge in [0.2, 0.25) is 0 Å². The lowest BCUT2D eigenvalue weighted by molar-refractivity contribution is -0.137. The van der Waals surface area contributed by atoms with E-state index in [1.807, 2.05) is 41.8 Å². The summed E-state index contributed by atoms with van der Waals surface area (Å²) in [5.74, 6) is 0.616. The van der Waals surface area contributed by atoms with E-state index in [1.165, 1.54) is 6.07 Å². The van der Waals surface area contributed by atoms with Gasteiger partial charge in [0.15, 0.2) is 0 Å². The van der Waals surface area contributed by atoms with Gasteiger partial charge in [-0.05, 0) is 37.1 Å². The molecule has 0 aliphatic heterocycles. The summed E-state index contributed by atoms with van der Waals surface area (Å²) in [6.07, 6.45) is -4.30. The minimum atomic E-state index is -4.41. The molecule has 6 heteroatoms. The Bertz CT molecular complexity index is 885. The molecule has 3 nitrogen and oxygen atoms in total. The van der Waals surface area contributed by atoms with Gasteiger partial charge in [-0.2, -0.15) is 13.2 Å². The van der Waals surface area contributed by atoms with Gasteiger partial charge in [-0.25, -0.2) is 4.98 Å². The van der Waals surface area contributed by atoms with Gasteiger partial charge >= 0.3 is 6.18 Å². The molecule has 26 heavy (non-hydrogen) atoms. The maximum absolute atomic E-state index is 13.0. The monoisotopic (exact) mass is 362 g/mol. The van der Waals surface area contributed by atoms with Crippen molar-refractivity contribution in [3.05, 3.63) is 65.5 Å². The number of aliphatic hydroxyl groups excluding tert-OH is 1. The Labute approximate surface area is 150 Å². The molecule has 3 aromatic rings. The van der Waals surface area contributed by atoms with Crippen molar-refractivity contribution in [3.63, 3.8) is 0 Å². The molecule has 0 aliphatic rings. The molecule has 1 aromatic heterocycles. The van der Waals surface area contributed by atoms with Gasteiger partial charge in [-0.3, -0.25) is 0 Å². The normalized spacial score (nSPS) is 14.5. The van der Waals surface area contributed by atoms with Gasteiger partial charge in [-0.15, -0.1) is 0 Å². The number of fused-ring (bicyclic) bond motifs is 1. The number of hydrogen-bond donors (Lipinski definition) is 1. The minimum Gasteiger partial charge on any atom is -0.392 e. The highest BCUT2D eigenvalue weighted by Crippen LogP contribution is 2.34. The zero-order chi connectivity index (χ0) is 18.9. The minimum absolute atomic E-state index is 0.0586. The second-order valence-corrected chi connectivity index (χ2v) is 6.50. The molecule has 0 saturated carbocycles. The predicted molar refractivity (Wildman–Crippen MR) is 95.0 cm³/mol. The summed E-state index contributed by atoms with van der Waals surface area (Å²) in [4.78, 5) is 4.54. The summed E-state index contributed by atoms with van der Waals surface area (Å²) in [7, 11) is 0. The van der Waals surface area contributed by atoms with Crippen LogP contribution in [0.2, 0.25) is 0 Å². The first-order valence-electron chi connectivity index (χ1n) is 8.61. The number of rotatable bonds is 5. The Balaban J connectivity index is 2.19. The van der Waals surface area contributed by atoms with E-state index in [-0.39, 0.29) is 12.5 Å². The van der Waals surface area contributed by atoms with Gasteiger partial charge in [0.05, 0.1) is 29.2 Å². The molecular weight excluding hydrogens is 341 g/mol. The van der Waals surface area contributed by atoms with Crippen LogP contribution in [-0.4, -0.2) is 20.8 Å². The average molecular weight is 362 g/mol. The topological polar surface area (TPSA) is 38.0 Å². The number of benzene rings is 2. The first kappa shape index (κ1) is 18.5. The molecule has 0 bridgehead atoms. The van der Waals surface area contributed by atoms with E-state index in [1.54, 1.807) is 6.92 Å². The van der Waals surface area contributed by atoms with Crippen LogP contribution in [0, 0.1) is 0 Å². The molecule has 0 fully saturated rings. The second kappa shape index (κ2) is 7.11. The second-order valence-electron chi connectivity index (χ2n) is 6.50. The van der Waals surface area contributed by atoms with Crippen molar-refractivity contribution in [3.8, 4) is 0 Å². The summed E-state index contributed by atoms with van der Waals surface area (Å²) < 4.78 is 41.0. The maximum Gasteiger partial charge on any atom is 0.416 e. The van der Waals surface area contributed by atoms with Gasteiger partial charge in [0.25, 0.3) is 0 Å². The molecule has 0 aliphatic carbocycles. The van der Waals surface area contributed by atoms with Crippen molar-refractivity contribution in [1.82, 2.24) is 9.55 Å². The van der Waals surface area contributed by atoms with Crippen LogP contribution in [0.5, 0.6) is 0 Å². The molecule has 0 radical (unpaired) electrons. The zero-order valence-electron chi connectivity index (χ0n) is 14.7. The molecule has 2 aromatic carbocycles. The summed E-state index contributed by atoms with van der Waals surface area (Å²) >= 11 is 0. The maximum atomic E-state index is 13.0. The number of aliphatic hydroxyl groups is 1. The van der Waals surface area contributed by atoms with Crippen LogP contribution in [0.15, 0.2) is 48.5 Å². The SMILES string of the molecule is CCC(c1ccccc1)c1nc2cc(C(F)(F)F)ccc2n1CC(C)O. The number of imidazole rings is 1. The lowest BCUT2D eigenvalue weighted by Gasteiger charge is -2.18. The zero-order valence-corrected chi connectivity index (χ0v) is 14.7. The molecule has 0 amide bonds. The number of aromatic nitrogens is 2. The van der Waals surface area contributed by atoms with Crippen molar-refractivity contribution in [1.29, 1.82) is 0 Å². The average Bonchev–Trinajstić information content (AvgIpc) is 2.93. The first-order valence-corrected chi connectivity index (χ1v) is 8.61. The summed E-state index contributed by atoms with van der Waals surface area (Å²) in [5, 5.41) is 9.89. The Morgan fingerprint density at radius 3 is 2.38 bits per heavy atom. The van der Waals surface area contributed by atoms with E-state index in [0.717, 1.165) is 24.1 Å². The van der Waals surface area contributed by atoms with E-state index in [0.29, 0.717) is 16.9 Å². The Morgan fingerprint density at radius 1 is 1.12 bits per heavy atom. The van der Waals surface area contributed by atoms with Gasteiger partial charge in [-0.1, -0.05) is 37.3 Å². The van der Waals surface area contributed by atoms with Gasteiger partial charge in [0.1, 0.15) is 5.82 Å². The summed E-state index contributed by atoms with van der Waals surface area (Å²) in [6, 6.07) is 13.3. The third-order valence-electron chi connectivity index (χ3n) is 4.47. The molecule has 3 rings (SSSR count). The van der Waals surface area contributed by atoms with Crippen LogP contribution in [0.1, 0.15) is 43.1 Å². The number of halogens is 3. The highest BCUT2D eigenvalue weighted by molar-refractivity contribution is 5.77. The van der Waals surface area contributed by atoms with Crippen LogP contribution in [-0.2, 0) is 12.7 Å². The highest BCUT2D eigenvalue weighted by atomic mass is 19.4. The molecule has 138 valence electrons. The van der Waals surface area contributed by atoms with E-state index in [4.69, 9.17) is 0 Å². The molecule has 1 N–H and O–H groups in total. The van der Waals surface area contributed by atoms with E-state index >= 15 is 0 Å². The van der Waals surface area contributed by atoms with E-state index in [9.17, 15) is 18.3 Å². The molecule has 0 spiro atoms. The fourth-order valence-electron chi connectivity index (χ4n) is 3.30. The quantitative estimate of drug-likeness (QED) is 0.695. The molecule has 0 saturated heterocycles. The van der Waals surface area contributed by atoms with Gasteiger partial charge < -0.3 is 9.67 Å². The van der Waals surface area contributed by atoms with E-state index < -0.39 is 17.8 Å². The number of nitrogens with zero attached hydrogens (tertiary/aromatic N) is 2. The Morgan fingerprint density at radius 2 is 1.81 bits per heavy atom. The smallest absolute Gasteiger partial charge is 0.392 e. The highest BCUT2D eigenvalue weighted by Gasteiger charge is 2.31. The van der Waals surface area contributed by atoms with Gasteiger partial charge in [0, 0.05) is 5.92 Å². The van der Waals surface area contributed by atoms with Crippen LogP contribution in [0.3, 0.4) is 0 Å². The Kier molecular flexibility index (Phi) is 5.05. The van der Waals surface area contributed by atoms with Crippen molar-refractivity contribution >= 4 is 11.0 Å². The molecular formula is C20H21F3N2O. The Hall–Kier alpha value is -2.34. The summed E-state index contributed by atoms with van der Waals surface area (Å²) in [5.41, 5.74) is 1.23. The number of alkyl halides is 3. The first-order chi connectivity index (χ1) is 12.3. The third-order valence-corrected chi connectivity index (χ3v) is 4.47. The number of hydrogen-bond acceptors (Lipinski definition) is 2. The third kappa shape index (κ3) is 3.60. The van der Waals surface area contributed by atoms with Crippen molar-refractivity contribution in [2.75, 3.05) is 0 Å². The standard InChI is InChI=1S/C20H21F3N2O/c1-3-16(14-7-5-4-6-8-14)19-24-17-11-15(20(21,22)23)9-10-18(17)25(19)12-13(2)26/h4-11,13,16,26H,3,12H2,1-2H3. The van der Waals surface area contributed by atoms with Crippen LogP contribution in [0.4, 0.5) is 13.2 Å². The fourth-order valence-corrected chi connectivity index (χ4v) is 3.30. The molecule has 2 atom stereocenters. The lowest BCUT2D eigenvalue weighted by Crippen LogP contribution is -2.17. The van der Waals surface area contributed by atoms with Crippen LogP contribution >= 0.6 is 0 Å². The van der Waals surface area contributed by atoms with Crippen molar-refractivity contribution in [2.24, 2.45) is 0 Å². The molecule has 2 unspecified atom stereocenters. The fraction of sp³-hybridized carbons (Fsp3) is 0.350. The van der Waals surface area contributed by atoms with Crippen molar-refractivity contribution in [2.45, 2.75) is 45.0 Å². The largest absolute Gasteiger partial charge is 0.416 e. The lowest BCUT2D eigenvalue weighted by atomic mass is 9.95. The van der Waals surface area contributed by atoms with Crippen LogP contribution < -0.4 is 0 Å².